The van der Waals surface area contributed by atoms with Crippen LogP contribution < -0.4 is 5.32 Å². The van der Waals surface area contributed by atoms with Crippen LogP contribution in [-0.2, 0) is 4.79 Å². The van der Waals surface area contributed by atoms with Gasteiger partial charge in [-0.3, -0.25) is 9.59 Å². The van der Waals surface area contributed by atoms with E-state index in [1.807, 2.05) is 0 Å². The summed E-state index contributed by atoms with van der Waals surface area (Å²) in [5.41, 5.74) is -0.459. The Hall–Kier alpha value is -1.43. The summed E-state index contributed by atoms with van der Waals surface area (Å²) in [5, 5.41) is 11.6. The Morgan fingerprint density at radius 2 is 2.18 bits per heavy atom. The van der Waals surface area contributed by atoms with E-state index < -0.39 is 11.4 Å². The van der Waals surface area contributed by atoms with E-state index in [1.54, 1.807) is 12.1 Å². The first-order chi connectivity index (χ1) is 8.03. The molecule has 90 valence electrons. The average Bonchev–Trinajstić information content (AvgIpc) is 3.08. The second kappa shape index (κ2) is 4.44. The SMILES string of the molecule is O=C(NCC1(C(=O)O)CC1)c1ccc(Br)cn1. The molecule has 1 aromatic rings. The molecule has 2 N–H and O–H groups in total. The number of carboxylic acid groups (broad SMARTS) is 1. The standard InChI is InChI=1S/C11H11BrN2O3/c12-7-1-2-8(13-5-7)9(15)14-6-11(3-4-11)10(16)17/h1-2,5H,3-4,6H2,(H,14,15)(H,16,17). The molecule has 5 nitrogen and oxygen atoms in total. The number of hydrogen-bond acceptors (Lipinski definition) is 3. The van der Waals surface area contributed by atoms with Crippen LogP contribution in [0, 0.1) is 5.41 Å². The minimum Gasteiger partial charge on any atom is -0.481 e. The number of halogens is 1. The molecule has 1 heterocycles. The number of hydrogen-bond donors (Lipinski definition) is 2. The van der Waals surface area contributed by atoms with Crippen LogP contribution in [0.4, 0.5) is 0 Å². The minimum atomic E-state index is -0.846. The Kier molecular flexibility index (Phi) is 3.15. The summed E-state index contributed by atoms with van der Waals surface area (Å²) in [6.45, 7) is 0.166. The fraction of sp³-hybridized carbons (Fsp3) is 0.364. The third-order valence-corrected chi connectivity index (χ3v) is 3.32. The van der Waals surface area contributed by atoms with Crippen molar-refractivity contribution in [1.29, 1.82) is 0 Å². The molecule has 1 aliphatic rings. The molecule has 0 bridgehead atoms. The fourth-order valence-corrected chi connectivity index (χ4v) is 1.70. The van der Waals surface area contributed by atoms with E-state index >= 15 is 0 Å². The first kappa shape index (κ1) is 12.0. The molecule has 0 aromatic carbocycles. The minimum absolute atomic E-state index is 0.166. The quantitative estimate of drug-likeness (QED) is 0.881. The van der Waals surface area contributed by atoms with Gasteiger partial charge in [0.05, 0.1) is 5.41 Å². The lowest BCUT2D eigenvalue weighted by Gasteiger charge is -2.10. The number of carbonyl (C=O) groups excluding carboxylic acids is 1. The van der Waals surface area contributed by atoms with Crippen molar-refractivity contribution < 1.29 is 14.7 Å². The van der Waals surface area contributed by atoms with Crippen molar-refractivity contribution in [3.05, 3.63) is 28.5 Å². The van der Waals surface area contributed by atoms with Gasteiger partial charge in [-0.1, -0.05) is 0 Å². The Morgan fingerprint density at radius 1 is 1.47 bits per heavy atom. The molecule has 2 rings (SSSR count). The van der Waals surface area contributed by atoms with Crippen molar-refractivity contribution in [3.63, 3.8) is 0 Å². The molecule has 0 saturated heterocycles. The van der Waals surface area contributed by atoms with E-state index in [4.69, 9.17) is 5.11 Å². The van der Waals surface area contributed by atoms with Gasteiger partial charge in [-0.2, -0.15) is 0 Å². The molecule has 1 fully saturated rings. The number of carboxylic acids is 1. The third-order valence-electron chi connectivity index (χ3n) is 2.85. The van der Waals surface area contributed by atoms with Crippen molar-refractivity contribution in [2.24, 2.45) is 5.41 Å². The van der Waals surface area contributed by atoms with Crippen LogP contribution in [0.2, 0.25) is 0 Å². The smallest absolute Gasteiger partial charge is 0.311 e. The van der Waals surface area contributed by atoms with E-state index in [9.17, 15) is 9.59 Å². The van der Waals surface area contributed by atoms with Gasteiger partial charge in [-0.05, 0) is 40.9 Å². The zero-order valence-electron chi connectivity index (χ0n) is 8.94. The number of nitrogens with zero attached hydrogens (tertiary/aromatic N) is 1. The summed E-state index contributed by atoms with van der Waals surface area (Å²) in [7, 11) is 0. The summed E-state index contributed by atoms with van der Waals surface area (Å²) in [5.74, 6) is -1.19. The van der Waals surface area contributed by atoms with Gasteiger partial charge in [-0.15, -0.1) is 0 Å². The largest absolute Gasteiger partial charge is 0.481 e. The fourth-order valence-electron chi connectivity index (χ4n) is 1.47. The van der Waals surface area contributed by atoms with E-state index in [1.165, 1.54) is 6.20 Å². The number of aromatic nitrogens is 1. The van der Waals surface area contributed by atoms with Gasteiger partial charge < -0.3 is 10.4 Å². The second-order valence-corrected chi connectivity index (χ2v) is 5.05. The van der Waals surface area contributed by atoms with Gasteiger partial charge in [-0.25, -0.2) is 4.98 Å². The molecule has 6 heteroatoms. The van der Waals surface area contributed by atoms with E-state index in [2.05, 4.69) is 26.2 Å². The molecule has 1 aromatic heterocycles. The van der Waals surface area contributed by atoms with Gasteiger partial charge in [0.2, 0.25) is 0 Å². The highest BCUT2D eigenvalue weighted by Crippen LogP contribution is 2.45. The summed E-state index contributed by atoms with van der Waals surface area (Å²) in [6.07, 6.45) is 2.77. The van der Waals surface area contributed by atoms with Crippen molar-refractivity contribution >= 4 is 27.8 Å². The van der Waals surface area contributed by atoms with Gasteiger partial charge in [0, 0.05) is 17.2 Å². The first-order valence-corrected chi connectivity index (χ1v) is 5.96. The molecule has 0 atom stereocenters. The lowest BCUT2D eigenvalue weighted by atomic mass is 10.1. The average molecular weight is 299 g/mol. The number of nitrogens with one attached hydrogen (secondary N) is 1. The van der Waals surface area contributed by atoms with Crippen LogP contribution in [0.15, 0.2) is 22.8 Å². The second-order valence-electron chi connectivity index (χ2n) is 4.13. The zero-order valence-corrected chi connectivity index (χ0v) is 10.5. The molecular weight excluding hydrogens is 288 g/mol. The maximum absolute atomic E-state index is 11.7. The molecule has 1 amide bonds. The predicted molar refractivity (Wildman–Crippen MR) is 63.6 cm³/mol. The summed E-state index contributed by atoms with van der Waals surface area (Å²) < 4.78 is 0.790. The molecule has 1 saturated carbocycles. The van der Waals surface area contributed by atoms with Crippen LogP contribution in [0.1, 0.15) is 23.3 Å². The highest BCUT2D eigenvalue weighted by atomic mass is 79.9. The molecule has 1 aliphatic carbocycles. The first-order valence-electron chi connectivity index (χ1n) is 5.17. The highest BCUT2D eigenvalue weighted by molar-refractivity contribution is 9.10. The van der Waals surface area contributed by atoms with Crippen molar-refractivity contribution in [1.82, 2.24) is 10.3 Å². The Morgan fingerprint density at radius 3 is 2.65 bits per heavy atom. The Labute approximate surface area is 106 Å². The van der Waals surface area contributed by atoms with E-state index in [0.29, 0.717) is 12.8 Å². The van der Waals surface area contributed by atoms with Crippen molar-refractivity contribution in [3.8, 4) is 0 Å². The lowest BCUT2D eigenvalue weighted by molar-refractivity contribution is -0.143. The topological polar surface area (TPSA) is 79.3 Å². The van der Waals surface area contributed by atoms with Crippen LogP contribution >= 0.6 is 15.9 Å². The molecule has 0 unspecified atom stereocenters. The van der Waals surface area contributed by atoms with Gasteiger partial charge in [0.15, 0.2) is 0 Å². The number of pyridine rings is 1. The number of carbonyl (C=O) groups is 2. The van der Waals surface area contributed by atoms with Crippen LogP contribution in [0.25, 0.3) is 0 Å². The molecule has 0 aliphatic heterocycles. The van der Waals surface area contributed by atoms with Crippen molar-refractivity contribution in [2.75, 3.05) is 6.54 Å². The van der Waals surface area contributed by atoms with Crippen LogP contribution in [0.3, 0.4) is 0 Å². The normalized spacial score (nSPS) is 16.3. The van der Waals surface area contributed by atoms with Crippen LogP contribution in [-0.4, -0.2) is 28.5 Å². The Balaban J connectivity index is 1.94. The Bertz CT molecular complexity index is 454. The summed E-state index contributed by atoms with van der Waals surface area (Å²) in [6, 6.07) is 3.30. The summed E-state index contributed by atoms with van der Waals surface area (Å²) in [4.78, 5) is 26.5. The van der Waals surface area contributed by atoms with Crippen molar-refractivity contribution in [2.45, 2.75) is 12.8 Å². The van der Waals surface area contributed by atoms with Gasteiger partial charge in [0.25, 0.3) is 5.91 Å². The molecule has 17 heavy (non-hydrogen) atoms. The van der Waals surface area contributed by atoms with Gasteiger partial charge in [0.1, 0.15) is 5.69 Å². The molecule has 0 radical (unpaired) electrons. The maximum atomic E-state index is 11.7. The molecular formula is C11H11BrN2O3. The number of rotatable bonds is 4. The number of aliphatic carboxylic acids is 1. The summed E-state index contributed by atoms with van der Waals surface area (Å²) >= 11 is 3.22. The molecule has 0 spiro atoms. The van der Waals surface area contributed by atoms with E-state index in [0.717, 1.165) is 4.47 Å². The van der Waals surface area contributed by atoms with Gasteiger partial charge >= 0.3 is 5.97 Å². The lowest BCUT2D eigenvalue weighted by Crippen LogP contribution is -2.34. The van der Waals surface area contributed by atoms with Crippen LogP contribution in [0.5, 0.6) is 0 Å². The number of amides is 1. The zero-order chi connectivity index (χ0) is 12.5. The predicted octanol–water partition coefficient (Wildman–Crippen LogP) is 1.44. The third kappa shape index (κ3) is 2.63. The van der Waals surface area contributed by atoms with E-state index in [-0.39, 0.29) is 18.1 Å². The maximum Gasteiger partial charge on any atom is 0.311 e. The highest BCUT2D eigenvalue weighted by Gasteiger charge is 2.50. The monoisotopic (exact) mass is 298 g/mol.